The number of nitrogens with zero attached hydrogens (tertiary/aromatic N) is 4. The highest BCUT2D eigenvalue weighted by Crippen LogP contribution is 2.42. The van der Waals surface area contributed by atoms with Crippen LogP contribution in [-0.2, 0) is 9.59 Å². The van der Waals surface area contributed by atoms with E-state index in [0.717, 1.165) is 31.9 Å². The van der Waals surface area contributed by atoms with Crippen molar-refractivity contribution in [2.45, 2.75) is 6.04 Å². The molecule has 36 heavy (non-hydrogen) atoms. The number of nitro groups is 1. The van der Waals surface area contributed by atoms with Gasteiger partial charge in [0.2, 0.25) is 0 Å². The molecule has 1 unspecified atom stereocenters. The number of hydrogen-bond donors (Lipinski definition) is 1. The lowest BCUT2D eigenvalue weighted by atomic mass is 9.99. The maximum absolute atomic E-state index is 13.2. The minimum atomic E-state index is -0.996. The van der Waals surface area contributed by atoms with Crippen molar-refractivity contribution >= 4 is 34.5 Å². The summed E-state index contributed by atoms with van der Waals surface area (Å²) in [6, 6.07) is 14.8. The largest absolute Gasteiger partial charge is 0.507 e. The number of carbonyl (C=O) groups excluding carboxylic acids is 2. The number of amides is 1. The van der Waals surface area contributed by atoms with E-state index < -0.39 is 28.4 Å². The van der Waals surface area contributed by atoms with Crippen LogP contribution in [0.15, 0.2) is 76.9 Å². The number of furan rings is 1. The van der Waals surface area contributed by atoms with Crippen molar-refractivity contribution < 1.29 is 24.0 Å². The molecule has 5 rings (SSSR count). The molecule has 2 saturated heterocycles. The quantitative estimate of drug-likeness (QED) is 0.190. The molecule has 0 saturated carbocycles. The lowest BCUT2D eigenvalue weighted by Crippen LogP contribution is -2.44. The van der Waals surface area contributed by atoms with E-state index in [-0.39, 0.29) is 16.8 Å². The third-order valence-electron chi connectivity index (χ3n) is 6.60. The summed E-state index contributed by atoms with van der Waals surface area (Å²) < 4.78 is 5.57. The Morgan fingerprint density at radius 1 is 0.972 bits per heavy atom. The van der Waals surface area contributed by atoms with E-state index in [9.17, 15) is 24.8 Å². The Balaban J connectivity index is 1.53. The summed E-state index contributed by atoms with van der Waals surface area (Å²) in [7, 11) is 2.09. The third-order valence-corrected chi connectivity index (χ3v) is 6.60. The first-order chi connectivity index (χ1) is 17.3. The van der Waals surface area contributed by atoms with Crippen molar-refractivity contribution in [2.24, 2.45) is 0 Å². The van der Waals surface area contributed by atoms with Crippen molar-refractivity contribution in [1.82, 2.24) is 4.90 Å². The summed E-state index contributed by atoms with van der Waals surface area (Å²) >= 11 is 0. The van der Waals surface area contributed by atoms with Crippen molar-refractivity contribution in [3.63, 3.8) is 0 Å². The predicted molar refractivity (Wildman–Crippen MR) is 133 cm³/mol. The molecule has 2 aromatic carbocycles. The molecule has 2 fully saturated rings. The van der Waals surface area contributed by atoms with E-state index in [1.807, 2.05) is 12.1 Å². The monoisotopic (exact) mass is 488 g/mol. The van der Waals surface area contributed by atoms with Crippen LogP contribution in [0.5, 0.6) is 0 Å². The number of aliphatic hydroxyl groups excluding tert-OH is 1. The Morgan fingerprint density at radius 2 is 1.61 bits per heavy atom. The molecular formula is C26H24N4O6. The molecule has 0 bridgehead atoms. The minimum Gasteiger partial charge on any atom is -0.507 e. The van der Waals surface area contributed by atoms with E-state index in [1.165, 1.54) is 35.4 Å². The fraction of sp³-hybridized carbons (Fsp3) is 0.231. The fourth-order valence-corrected chi connectivity index (χ4v) is 4.60. The Bertz CT molecular complexity index is 1320. The number of ketones is 1. The summed E-state index contributed by atoms with van der Waals surface area (Å²) in [6.45, 7) is 3.69. The standard InChI is InChI=1S/C26H24N4O6/c1-27-12-14-28(15-13-27)18-8-10-19(11-9-18)29-23(21-3-2-16-36-21)22(25(32)26(29)33)24(31)17-4-6-20(7-5-17)30(34)35/h2-11,16,23,31H,12-15H2,1H3/b24-22-. The summed E-state index contributed by atoms with van der Waals surface area (Å²) in [6.07, 6.45) is 1.43. The second-order valence-corrected chi connectivity index (χ2v) is 8.80. The van der Waals surface area contributed by atoms with E-state index in [0.29, 0.717) is 11.4 Å². The van der Waals surface area contributed by atoms with Gasteiger partial charge in [0.1, 0.15) is 17.6 Å². The summed E-state index contributed by atoms with van der Waals surface area (Å²) in [5.74, 6) is -1.79. The summed E-state index contributed by atoms with van der Waals surface area (Å²) in [4.78, 5) is 42.6. The van der Waals surface area contributed by atoms with Crippen LogP contribution in [-0.4, -0.2) is 59.8 Å². The Labute approximate surface area is 206 Å². The highest BCUT2D eigenvalue weighted by atomic mass is 16.6. The van der Waals surface area contributed by atoms with Gasteiger partial charge < -0.3 is 19.3 Å². The predicted octanol–water partition coefficient (Wildman–Crippen LogP) is 3.57. The van der Waals surface area contributed by atoms with E-state index in [2.05, 4.69) is 16.8 Å². The van der Waals surface area contributed by atoms with Gasteiger partial charge in [0.05, 0.1) is 16.8 Å². The zero-order chi connectivity index (χ0) is 25.4. The maximum Gasteiger partial charge on any atom is 0.300 e. The highest BCUT2D eigenvalue weighted by Gasteiger charge is 2.48. The first-order valence-electron chi connectivity index (χ1n) is 11.5. The Morgan fingerprint density at radius 3 is 2.19 bits per heavy atom. The van der Waals surface area contributed by atoms with Crippen molar-refractivity contribution in [3.8, 4) is 0 Å². The second-order valence-electron chi connectivity index (χ2n) is 8.80. The molecule has 2 aliphatic rings. The normalized spacial score (nSPS) is 20.2. The molecule has 3 aromatic rings. The van der Waals surface area contributed by atoms with Gasteiger partial charge >= 0.3 is 0 Å². The molecule has 10 nitrogen and oxygen atoms in total. The van der Waals surface area contributed by atoms with E-state index >= 15 is 0 Å². The van der Waals surface area contributed by atoms with Gasteiger partial charge in [-0.1, -0.05) is 0 Å². The molecule has 0 radical (unpaired) electrons. The third kappa shape index (κ3) is 4.11. The number of piperazine rings is 1. The molecule has 10 heteroatoms. The molecule has 1 amide bonds. The molecule has 1 atom stereocenters. The number of anilines is 2. The van der Waals surface area contributed by atoms with Crippen LogP contribution in [0, 0.1) is 10.1 Å². The number of rotatable bonds is 5. The molecule has 3 heterocycles. The SMILES string of the molecule is CN1CCN(c2ccc(N3C(=O)C(=O)/C(=C(\O)c4ccc([N+](=O)[O-])cc4)C3c3ccco3)cc2)CC1. The average molecular weight is 489 g/mol. The average Bonchev–Trinajstić information content (AvgIpc) is 3.51. The number of benzene rings is 2. The summed E-state index contributed by atoms with van der Waals surface area (Å²) in [5.41, 5.74) is 1.38. The van der Waals surface area contributed by atoms with Gasteiger partial charge in [-0.05, 0) is 55.6 Å². The Kier molecular flexibility index (Phi) is 6.03. The van der Waals surface area contributed by atoms with Gasteiger partial charge in [-0.15, -0.1) is 0 Å². The number of aliphatic hydroxyl groups is 1. The van der Waals surface area contributed by atoms with Gasteiger partial charge in [-0.2, -0.15) is 0 Å². The van der Waals surface area contributed by atoms with Gasteiger partial charge in [0.25, 0.3) is 17.4 Å². The van der Waals surface area contributed by atoms with Crippen LogP contribution in [0.4, 0.5) is 17.1 Å². The first-order valence-corrected chi connectivity index (χ1v) is 11.5. The summed E-state index contributed by atoms with van der Waals surface area (Å²) in [5, 5.41) is 22.1. The number of likely N-dealkylation sites (N-methyl/N-ethyl adjacent to an activating group) is 1. The van der Waals surface area contributed by atoms with Crippen molar-refractivity contribution in [1.29, 1.82) is 0 Å². The van der Waals surface area contributed by atoms with Crippen LogP contribution >= 0.6 is 0 Å². The zero-order valence-electron chi connectivity index (χ0n) is 19.5. The lowest BCUT2D eigenvalue weighted by Gasteiger charge is -2.34. The van der Waals surface area contributed by atoms with Gasteiger partial charge in [-0.3, -0.25) is 24.6 Å². The highest BCUT2D eigenvalue weighted by molar-refractivity contribution is 6.51. The number of carbonyl (C=O) groups is 2. The molecule has 0 spiro atoms. The van der Waals surface area contributed by atoms with Crippen molar-refractivity contribution in [3.05, 3.63) is 93.9 Å². The minimum absolute atomic E-state index is 0.146. The Hall–Kier alpha value is -4.44. The number of nitro benzene ring substituents is 1. The van der Waals surface area contributed by atoms with Gasteiger partial charge in [0, 0.05) is 55.2 Å². The molecule has 2 aliphatic heterocycles. The fourth-order valence-electron chi connectivity index (χ4n) is 4.60. The first kappa shape index (κ1) is 23.3. The van der Waals surface area contributed by atoms with Crippen LogP contribution in [0.25, 0.3) is 5.76 Å². The topological polar surface area (TPSA) is 120 Å². The van der Waals surface area contributed by atoms with Crippen LogP contribution in [0.3, 0.4) is 0 Å². The van der Waals surface area contributed by atoms with Crippen LogP contribution < -0.4 is 9.80 Å². The molecule has 184 valence electrons. The van der Waals surface area contributed by atoms with Gasteiger partial charge in [0.15, 0.2) is 0 Å². The zero-order valence-corrected chi connectivity index (χ0v) is 19.5. The van der Waals surface area contributed by atoms with Crippen LogP contribution in [0.1, 0.15) is 17.4 Å². The molecule has 1 N–H and O–H groups in total. The molecule has 1 aromatic heterocycles. The van der Waals surface area contributed by atoms with Crippen molar-refractivity contribution in [2.75, 3.05) is 43.0 Å². The molecular weight excluding hydrogens is 464 g/mol. The molecule has 0 aliphatic carbocycles. The smallest absolute Gasteiger partial charge is 0.300 e. The van der Waals surface area contributed by atoms with E-state index in [1.54, 1.807) is 24.3 Å². The number of non-ortho nitro benzene ring substituents is 1. The second kappa shape index (κ2) is 9.31. The lowest BCUT2D eigenvalue weighted by molar-refractivity contribution is -0.384. The van der Waals surface area contributed by atoms with Crippen LogP contribution in [0.2, 0.25) is 0 Å². The number of hydrogen-bond acceptors (Lipinski definition) is 8. The maximum atomic E-state index is 13.2. The number of Topliss-reactive ketones (excluding diaryl/α,β-unsaturated/α-hetero) is 1. The van der Waals surface area contributed by atoms with Gasteiger partial charge in [-0.25, -0.2) is 0 Å². The van der Waals surface area contributed by atoms with E-state index in [4.69, 9.17) is 4.42 Å².